The summed E-state index contributed by atoms with van der Waals surface area (Å²) >= 11 is 0. The monoisotopic (exact) mass is 372 g/mol. The number of aryl methyl sites for hydroxylation is 1. The molecule has 0 aromatic heterocycles. The molecule has 146 valence electrons. The van der Waals surface area contributed by atoms with Gasteiger partial charge in [0.05, 0.1) is 14.2 Å². The summed E-state index contributed by atoms with van der Waals surface area (Å²) in [6.45, 7) is 8.88. The molecule has 27 heavy (non-hydrogen) atoms. The summed E-state index contributed by atoms with van der Waals surface area (Å²) in [5.41, 5.74) is 3.97. The molecule has 0 radical (unpaired) electrons. The number of hydrogen-bond donors (Lipinski definition) is 3. The number of benzene rings is 2. The fourth-order valence-corrected chi connectivity index (χ4v) is 3.83. The van der Waals surface area contributed by atoms with Crippen molar-refractivity contribution in [3.63, 3.8) is 0 Å². The highest BCUT2D eigenvalue weighted by Gasteiger charge is 2.24. The maximum Gasteiger partial charge on any atom is 0.200 e. The molecule has 1 fully saturated rings. The van der Waals surface area contributed by atoms with Crippen LogP contribution in [0.25, 0.3) is 0 Å². The van der Waals surface area contributed by atoms with Gasteiger partial charge in [-0.05, 0) is 24.1 Å². The van der Waals surface area contributed by atoms with E-state index < -0.39 is 0 Å². The minimum Gasteiger partial charge on any atom is -0.502 e. The number of rotatable bonds is 7. The van der Waals surface area contributed by atoms with E-state index >= 15 is 0 Å². The van der Waals surface area contributed by atoms with E-state index in [9.17, 15) is 5.11 Å². The van der Waals surface area contributed by atoms with E-state index in [0.717, 1.165) is 38.2 Å². The third-order valence-corrected chi connectivity index (χ3v) is 5.54. The Hall–Kier alpha value is -2.24. The van der Waals surface area contributed by atoms with Gasteiger partial charge in [0.25, 0.3) is 0 Å². The molecule has 0 spiro atoms. The lowest BCUT2D eigenvalue weighted by Crippen LogP contribution is -3.27. The molecule has 5 nitrogen and oxygen atoms in total. The molecule has 2 aromatic rings. The first-order valence-corrected chi connectivity index (χ1v) is 9.81. The standard InChI is InChI=1S/C22H30N2O3/c1-4-17-5-7-18(8-6-17)15-23-9-11-24(12-10-23)16-19-13-20(26-2)22(25)21(14-19)27-3/h5-8,13-14,25H,4,9-12,15-16H2,1-3H3/p+2. The summed E-state index contributed by atoms with van der Waals surface area (Å²) in [5.74, 6) is 1.02. The van der Waals surface area contributed by atoms with Crippen LogP contribution in [0.4, 0.5) is 0 Å². The quantitative estimate of drug-likeness (QED) is 0.662. The van der Waals surface area contributed by atoms with Crippen molar-refractivity contribution in [3.05, 3.63) is 53.1 Å². The molecule has 1 heterocycles. The van der Waals surface area contributed by atoms with E-state index in [1.807, 2.05) is 12.1 Å². The molecule has 0 aliphatic carbocycles. The van der Waals surface area contributed by atoms with Crippen molar-refractivity contribution in [1.82, 2.24) is 0 Å². The predicted octanol–water partition coefficient (Wildman–Crippen LogP) is 0.455. The lowest BCUT2D eigenvalue weighted by atomic mass is 10.1. The van der Waals surface area contributed by atoms with Gasteiger partial charge in [0, 0.05) is 11.1 Å². The van der Waals surface area contributed by atoms with Crippen LogP contribution in [-0.2, 0) is 19.5 Å². The molecular formula is C22H32N2O3+2. The first kappa shape index (κ1) is 19.5. The van der Waals surface area contributed by atoms with Crippen LogP contribution >= 0.6 is 0 Å². The Morgan fingerprint density at radius 1 is 0.778 bits per heavy atom. The molecule has 3 N–H and O–H groups in total. The van der Waals surface area contributed by atoms with Crippen molar-refractivity contribution in [3.8, 4) is 17.2 Å². The largest absolute Gasteiger partial charge is 0.502 e. The number of aromatic hydroxyl groups is 1. The van der Waals surface area contributed by atoms with Gasteiger partial charge in [0.15, 0.2) is 11.5 Å². The fourth-order valence-electron chi connectivity index (χ4n) is 3.83. The number of piperazine rings is 1. The number of methoxy groups -OCH3 is 2. The number of nitrogens with one attached hydrogen (secondary N) is 2. The van der Waals surface area contributed by atoms with Crippen LogP contribution in [0.2, 0.25) is 0 Å². The summed E-state index contributed by atoms with van der Waals surface area (Å²) in [5, 5.41) is 10.1. The summed E-state index contributed by atoms with van der Waals surface area (Å²) < 4.78 is 10.5. The van der Waals surface area contributed by atoms with Crippen molar-refractivity contribution in [1.29, 1.82) is 0 Å². The van der Waals surface area contributed by atoms with Gasteiger partial charge in [-0.15, -0.1) is 0 Å². The summed E-state index contributed by atoms with van der Waals surface area (Å²) in [6, 6.07) is 12.9. The molecule has 0 unspecified atom stereocenters. The van der Waals surface area contributed by atoms with Crippen LogP contribution in [0, 0.1) is 0 Å². The zero-order chi connectivity index (χ0) is 19.2. The van der Waals surface area contributed by atoms with Gasteiger partial charge < -0.3 is 24.4 Å². The van der Waals surface area contributed by atoms with Crippen LogP contribution in [0.3, 0.4) is 0 Å². The molecule has 0 amide bonds. The summed E-state index contributed by atoms with van der Waals surface area (Å²) in [6.07, 6.45) is 1.10. The van der Waals surface area contributed by atoms with E-state index in [2.05, 4.69) is 31.2 Å². The zero-order valence-corrected chi connectivity index (χ0v) is 16.7. The number of phenolic OH excluding ortho intramolecular Hbond substituents is 1. The lowest BCUT2D eigenvalue weighted by Gasteiger charge is -2.30. The van der Waals surface area contributed by atoms with Crippen molar-refractivity contribution in [2.24, 2.45) is 0 Å². The molecule has 1 aliphatic heterocycles. The highest BCUT2D eigenvalue weighted by atomic mass is 16.5. The smallest absolute Gasteiger partial charge is 0.200 e. The Morgan fingerprint density at radius 3 is 1.67 bits per heavy atom. The maximum absolute atomic E-state index is 10.1. The molecule has 1 aliphatic rings. The molecule has 0 saturated carbocycles. The average Bonchev–Trinajstić information content (AvgIpc) is 2.71. The van der Waals surface area contributed by atoms with Crippen LogP contribution in [0.1, 0.15) is 23.6 Å². The van der Waals surface area contributed by atoms with E-state index in [4.69, 9.17) is 9.47 Å². The van der Waals surface area contributed by atoms with Gasteiger partial charge in [-0.1, -0.05) is 31.2 Å². The SMILES string of the molecule is CCc1ccc(C[NH+]2CC[NH+](Cc3cc(OC)c(O)c(OC)c3)CC2)cc1. The second kappa shape index (κ2) is 9.11. The molecule has 1 saturated heterocycles. The number of hydrogen-bond acceptors (Lipinski definition) is 3. The Kier molecular flexibility index (Phi) is 6.58. The first-order chi connectivity index (χ1) is 13.1. The number of phenols is 1. The lowest BCUT2D eigenvalue weighted by molar-refractivity contribution is -1.02. The van der Waals surface area contributed by atoms with Gasteiger partial charge in [0.1, 0.15) is 39.3 Å². The molecule has 5 heteroatoms. The minimum atomic E-state index is 0.0714. The summed E-state index contributed by atoms with van der Waals surface area (Å²) in [4.78, 5) is 3.22. The van der Waals surface area contributed by atoms with E-state index in [1.165, 1.54) is 24.2 Å². The minimum absolute atomic E-state index is 0.0714. The third kappa shape index (κ3) is 4.93. The number of ether oxygens (including phenoxy) is 2. The van der Waals surface area contributed by atoms with E-state index in [1.54, 1.807) is 24.0 Å². The molecule has 2 aromatic carbocycles. The summed E-state index contributed by atoms with van der Waals surface area (Å²) in [7, 11) is 3.14. The van der Waals surface area contributed by atoms with E-state index in [0.29, 0.717) is 11.5 Å². The molecular weight excluding hydrogens is 340 g/mol. The normalized spacial score (nSPS) is 19.7. The fraction of sp³-hybridized carbons (Fsp3) is 0.455. The second-order valence-corrected chi connectivity index (χ2v) is 7.37. The number of quaternary nitrogens is 2. The Balaban J connectivity index is 1.54. The van der Waals surface area contributed by atoms with Crippen LogP contribution in [0.15, 0.2) is 36.4 Å². The predicted molar refractivity (Wildman–Crippen MR) is 106 cm³/mol. The zero-order valence-electron chi connectivity index (χ0n) is 16.7. The van der Waals surface area contributed by atoms with Gasteiger partial charge in [-0.3, -0.25) is 0 Å². The van der Waals surface area contributed by atoms with Gasteiger partial charge >= 0.3 is 0 Å². The van der Waals surface area contributed by atoms with Crippen molar-refractivity contribution < 1.29 is 24.4 Å². The van der Waals surface area contributed by atoms with Gasteiger partial charge in [-0.2, -0.15) is 0 Å². The highest BCUT2D eigenvalue weighted by Crippen LogP contribution is 2.36. The Labute approximate surface area is 162 Å². The van der Waals surface area contributed by atoms with Crippen molar-refractivity contribution in [2.45, 2.75) is 26.4 Å². The van der Waals surface area contributed by atoms with E-state index in [-0.39, 0.29) is 5.75 Å². The molecule has 0 bridgehead atoms. The first-order valence-electron chi connectivity index (χ1n) is 9.81. The Morgan fingerprint density at radius 2 is 1.22 bits per heavy atom. The maximum atomic E-state index is 10.1. The Bertz CT molecular complexity index is 713. The van der Waals surface area contributed by atoms with Crippen LogP contribution in [-0.4, -0.2) is 45.5 Å². The highest BCUT2D eigenvalue weighted by molar-refractivity contribution is 5.52. The van der Waals surface area contributed by atoms with Crippen molar-refractivity contribution >= 4 is 0 Å². The molecule has 0 atom stereocenters. The van der Waals surface area contributed by atoms with Gasteiger partial charge in [-0.25, -0.2) is 0 Å². The average molecular weight is 373 g/mol. The topological polar surface area (TPSA) is 47.6 Å². The van der Waals surface area contributed by atoms with Crippen LogP contribution < -0.4 is 19.3 Å². The second-order valence-electron chi connectivity index (χ2n) is 7.37. The van der Waals surface area contributed by atoms with Gasteiger partial charge in [0.2, 0.25) is 5.75 Å². The van der Waals surface area contributed by atoms with Crippen molar-refractivity contribution in [2.75, 3.05) is 40.4 Å². The third-order valence-electron chi connectivity index (χ3n) is 5.54. The molecule has 3 rings (SSSR count). The van der Waals surface area contributed by atoms with Crippen LogP contribution in [0.5, 0.6) is 17.2 Å².